The smallest absolute Gasteiger partial charge is 0.241 e. The van der Waals surface area contributed by atoms with Gasteiger partial charge in [-0.3, -0.25) is 0 Å². The molecule has 1 fully saturated rings. The molecule has 0 radical (unpaired) electrons. The van der Waals surface area contributed by atoms with Crippen LogP contribution in [0.15, 0.2) is 27.6 Å². The van der Waals surface area contributed by atoms with E-state index < -0.39 is 10.0 Å². The van der Waals surface area contributed by atoms with Gasteiger partial charge >= 0.3 is 0 Å². The van der Waals surface area contributed by atoms with Crippen LogP contribution >= 0.6 is 15.9 Å². The van der Waals surface area contributed by atoms with Crippen LogP contribution in [0.25, 0.3) is 0 Å². The lowest BCUT2D eigenvalue weighted by Crippen LogP contribution is -2.37. The van der Waals surface area contributed by atoms with Gasteiger partial charge in [0, 0.05) is 17.1 Å². The van der Waals surface area contributed by atoms with Crippen molar-refractivity contribution in [3.05, 3.63) is 28.2 Å². The summed E-state index contributed by atoms with van der Waals surface area (Å²) in [5.41, 5.74) is 6.47. The van der Waals surface area contributed by atoms with Crippen molar-refractivity contribution in [2.45, 2.75) is 56.5 Å². The molecule has 1 aliphatic rings. The van der Waals surface area contributed by atoms with Crippen molar-refractivity contribution in [1.29, 1.82) is 0 Å². The van der Waals surface area contributed by atoms with Crippen molar-refractivity contribution in [3.63, 3.8) is 0 Å². The van der Waals surface area contributed by atoms with E-state index in [-0.39, 0.29) is 10.9 Å². The lowest BCUT2D eigenvalue weighted by atomic mass is 9.85. The lowest BCUT2D eigenvalue weighted by Gasteiger charge is -2.28. The fraction of sp³-hybridized carbons (Fsp3) is 0.600. The van der Waals surface area contributed by atoms with E-state index >= 15 is 0 Å². The Balaban J connectivity index is 2.08. The third-order valence-electron chi connectivity index (χ3n) is 4.27. The molecule has 118 valence electrons. The van der Waals surface area contributed by atoms with E-state index in [2.05, 4.69) is 27.6 Å². The molecule has 1 aromatic carbocycles. The summed E-state index contributed by atoms with van der Waals surface area (Å²) in [7, 11) is -3.48. The number of hydrogen-bond acceptors (Lipinski definition) is 3. The minimum Gasteiger partial charge on any atom is -0.326 e. The Bertz CT molecular complexity index is 581. The van der Waals surface area contributed by atoms with E-state index in [1.54, 1.807) is 18.2 Å². The zero-order valence-corrected chi connectivity index (χ0v) is 14.7. The number of rotatable bonds is 5. The van der Waals surface area contributed by atoms with Crippen molar-refractivity contribution in [1.82, 2.24) is 4.72 Å². The molecule has 4 nitrogen and oxygen atoms in total. The van der Waals surface area contributed by atoms with E-state index in [1.165, 1.54) is 6.42 Å². The highest BCUT2D eigenvalue weighted by Crippen LogP contribution is 2.29. The van der Waals surface area contributed by atoms with Gasteiger partial charge in [0.1, 0.15) is 0 Å². The second kappa shape index (κ2) is 7.22. The lowest BCUT2D eigenvalue weighted by molar-refractivity contribution is 0.306. The van der Waals surface area contributed by atoms with Crippen LogP contribution in [-0.4, -0.2) is 14.5 Å². The highest BCUT2D eigenvalue weighted by Gasteiger charge is 2.26. The Morgan fingerprint density at radius 2 is 1.95 bits per heavy atom. The summed E-state index contributed by atoms with van der Waals surface area (Å²) in [6, 6.07) is 5.20. The Hall–Kier alpha value is -0.430. The van der Waals surface area contributed by atoms with Crippen LogP contribution < -0.4 is 10.5 Å². The third-order valence-corrected chi connectivity index (χ3v) is 6.76. The first-order valence-corrected chi connectivity index (χ1v) is 9.74. The molecule has 1 saturated carbocycles. The van der Waals surface area contributed by atoms with Crippen molar-refractivity contribution >= 4 is 26.0 Å². The second-order valence-corrected chi connectivity index (χ2v) is 8.25. The topological polar surface area (TPSA) is 72.2 Å². The van der Waals surface area contributed by atoms with Crippen molar-refractivity contribution in [2.75, 3.05) is 0 Å². The average molecular weight is 375 g/mol. The summed E-state index contributed by atoms with van der Waals surface area (Å²) >= 11 is 3.33. The van der Waals surface area contributed by atoms with Gasteiger partial charge in [-0.2, -0.15) is 0 Å². The minimum atomic E-state index is -3.48. The molecule has 0 unspecified atom stereocenters. The zero-order chi connectivity index (χ0) is 15.5. The van der Waals surface area contributed by atoms with Gasteiger partial charge in [-0.05, 0) is 65.2 Å². The summed E-state index contributed by atoms with van der Waals surface area (Å²) in [6.07, 6.45) is 5.26. The molecule has 0 bridgehead atoms. The molecule has 0 atom stereocenters. The Morgan fingerprint density at radius 3 is 2.48 bits per heavy atom. The van der Waals surface area contributed by atoms with Gasteiger partial charge in [-0.25, -0.2) is 13.1 Å². The molecule has 0 aliphatic heterocycles. The number of hydrogen-bond donors (Lipinski definition) is 2. The fourth-order valence-electron chi connectivity index (χ4n) is 2.86. The SMILES string of the molecule is CCC1CCC(NS(=O)(=O)c2ccc(CN)cc2Br)CC1. The van der Waals surface area contributed by atoms with Gasteiger partial charge in [0.15, 0.2) is 0 Å². The molecule has 21 heavy (non-hydrogen) atoms. The predicted molar refractivity (Wildman–Crippen MR) is 88.4 cm³/mol. The average Bonchev–Trinajstić information content (AvgIpc) is 2.47. The molecule has 0 aromatic heterocycles. The van der Waals surface area contributed by atoms with Crippen LogP contribution in [0.1, 0.15) is 44.6 Å². The van der Waals surface area contributed by atoms with Gasteiger partial charge < -0.3 is 5.73 Å². The molecule has 0 saturated heterocycles. The fourth-order valence-corrected chi connectivity index (χ4v) is 5.29. The van der Waals surface area contributed by atoms with E-state index in [4.69, 9.17) is 5.73 Å². The van der Waals surface area contributed by atoms with Crippen LogP contribution in [-0.2, 0) is 16.6 Å². The number of halogens is 1. The molecule has 6 heteroatoms. The standard InChI is InChI=1S/C15H23BrN2O2S/c1-2-11-3-6-13(7-4-11)18-21(19,20)15-8-5-12(10-17)9-14(15)16/h5,8-9,11,13,18H,2-4,6-7,10,17H2,1H3. The first kappa shape index (κ1) is 16.9. The monoisotopic (exact) mass is 374 g/mol. The Morgan fingerprint density at radius 1 is 1.29 bits per heavy atom. The van der Waals surface area contributed by atoms with Crippen molar-refractivity contribution in [2.24, 2.45) is 11.7 Å². The van der Waals surface area contributed by atoms with Gasteiger partial charge in [-0.15, -0.1) is 0 Å². The zero-order valence-electron chi connectivity index (χ0n) is 12.3. The summed E-state index contributed by atoms with van der Waals surface area (Å²) in [6.45, 7) is 2.60. The number of sulfonamides is 1. The van der Waals surface area contributed by atoms with Gasteiger partial charge in [0.2, 0.25) is 10.0 Å². The quantitative estimate of drug-likeness (QED) is 0.831. The molecule has 1 aliphatic carbocycles. The second-order valence-electron chi connectivity index (χ2n) is 5.72. The molecule has 0 amide bonds. The van der Waals surface area contributed by atoms with Gasteiger partial charge in [0.05, 0.1) is 4.90 Å². The highest BCUT2D eigenvalue weighted by atomic mass is 79.9. The summed E-state index contributed by atoms with van der Waals surface area (Å²) in [5.74, 6) is 0.751. The summed E-state index contributed by atoms with van der Waals surface area (Å²) < 4.78 is 28.4. The molecule has 0 heterocycles. The van der Waals surface area contributed by atoms with E-state index in [9.17, 15) is 8.42 Å². The van der Waals surface area contributed by atoms with E-state index in [1.807, 2.05) is 0 Å². The summed E-state index contributed by atoms with van der Waals surface area (Å²) in [5, 5.41) is 0. The van der Waals surface area contributed by atoms with Gasteiger partial charge in [-0.1, -0.05) is 19.4 Å². The van der Waals surface area contributed by atoms with Crippen LogP contribution in [0.5, 0.6) is 0 Å². The largest absolute Gasteiger partial charge is 0.326 e. The summed E-state index contributed by atoms with van der Waals surface area (Å²) in [4.78, 5) is 0.289. The molecule has 3 N–H and O–H groups in total. The third kappa shape index (κ3) is 4.28. The van der Waals surface area contributed by atoms with Crippen LogP contribution in [0.4, 0.5) is 0 Å². The normalized spacial score (nSPS) is 23.2. The Kier molecular flexibility index (Phi) is 5.82. The number of benzene rings is 1. The first-order valence-electron chi connectivity index (χ1n) is 7.47. The first-order chi connectivity index (χ1) is 9.96. The van der Waals surface area contributed by atoms with E-state index in [0.717, 1.165) is 37.2 Å². The van der Waals surface area contributed by atoms with Crippen LogP contribution in [0, 0.1) is 5.92 Å². The molecule has 0 spiro atoms. The maximum absolute atomic E-state index is 12.5. The van der Waals surface area contributed by atoms with E-state index in [0.29, 0.717) is 11.0 Å². The Labute approximate surface area is 135 Å². The maximum atomic E-state index is 12.5. The minimum absolute atomic E-state index is 0.0545. The molecular formula is C15H23BrN2O2S. The highest BCUT2D eigenvalue weighted by molar-refractivity contribution is 9.10. The predicted octanol–water partition coefficient (Wildman–Crippen LogP) is 3.15. The maximum Gasteiger partial charge on any atom is 0.241 e. The van der Waals surface area contributed by atoms with Gasteiger partial charge in [0.25, 0.3) is 0 Å². The molecule has 2 rings (SSSR count). The van der Waals surface area contributed by atoms with Crippen LogP contribution in [0.3, 0.4) is 0 Å². The molecule has 1 aromatic rings. The number of nitrogens with one attached hydrogen (secondary N) is 1. The molecular weight excluding hydrogens is 352 g/mol. The van der Waals surface area contributed by atoms with Crippen LogP contribution in [0.2, 0.25) is 0 Å². The number of nitrogens with two attached hydrogens (primary N) is 1. The van der Waals surface area contributed by atoms with Crippen molar-refractivity contribution < 1.29 is 8.42 Å². The van der Waals surface area contributed by atoms with Crippen molar-refractivity contribution in [3.8, 4) is 0 Å².